The van der Waals surface area contributed by atoms with E-state index in [1.165, 1.54) is 0 Å². The van der Waals surface area contributed by atoms with Gasteiger partial charge in [-0.1, -0.05) is 36.1 Å². The Morgan fingerprint density at radius 2 is 2.20 bits per heavy atom. The topological polar surface area (TPSA) is 47.6 Å². The normalized spacial score (nSPS) is 9.05. The third kappa shape index (κ3) is 5.96. The molecule has 106 valence electrons. The molecule has 0 aliphatic carbocycles. The number of carbonyl (C=O) groups is 1. The zero-order valence-electron chi connectivity index (χ0n) is 11.6. The summed E-state index contributed by atoms with van der Waals surface area (Å²) < 4.78 is 10.3. The highest BCUT2D eigenvalue weighted by Crippen LogP contribution is 2.18. The summed E-state index contributed by atoms with van der Waals surface area (Å²) in [6.45, 7) is 6.34. The fourth-order valence-electron chi connectivity index (χ4n) is 1.49. The average molecular weight is 273 g/mol. The number of allylic oxidation sites excluding steroid dienone is 1. The maximum Gasteiger partial charge on any atom is 0.407 e. The Bertz CT molecular complexity index is 500. The molecule has 1 rings (SSSR count). The lowest BCUT2D eigenvalue weighted by atomic mass is 10.1. The number of para-hydroxylation sites is 1. The molecule has 4 nitrogen and oxygen atoms in total. The van der Waals surface area contributed by atoms with Crippen molar-refractivity contribution in [2.45, 2.75) is 13.3 Å². The van der Waals surface area contributed by atoms with Gasteiger partial charge in [0.1, 0.15) is 12.4 Å². The fourth-order valence-corrected chi connectivity index (χ4v) is 1.49. The molecule has 1 N–H and O–H groups in total. The van der Waals surface area contributed by atoms with Crippen LogP contribution in [0.5, 0.6) is 5.75 Å². The van der Waals surface area contributed by atoms with E-state index in [0.717, 1.165) is 17.7 Å². The molecule has 1 aromatic carbocycles. The maximum absolute atomic E-state index is 11.0. The number of alkyl carbamates (subject to hydrolysis) is 1. The molecule has 1 amide bonds. The minimum atomic E-state index is -0.459. The molecule has 0 bridgehead atoms. The Morgan fingerprint density at radius 3 is 2.95 bits per heavy atom. The van der Waals surface area contributed by atoms with E-state index in [9.17, 15) is 4.79 Å². The van der Waals surface area contributed by atoms with E-state index < -0.39 is 6.09 Å². The second-order valence-electron chi connectivity index (χ2n) is 3.82. The van der Waals surface area contributed by atoms with Gasteiger partial charge < -0.3 is 14.8 Å². The first kappa shape index (κ1) is 15.6. The molecule has 20 heavy (non-hydrogen) atoms. The third-order valence-corrected chi connectivity index (χ3v) is 2.36. The van der Waals surface area contributed by atoms with Gasteiger partial charge in [-0.25, -0.2) is 4.79 Å². The average Bonchev–Trinajstić information content (AvgIpc) is 2.45. The second-order valence-corrected chi connectivity index (χ2v) is 3.82. The van der Waals surface area contributed by atoms with Crippen molar-refractivity contribution >= 4 is 6.09 Å². The van der Waals surface area contributed by atoms with Crippen molar-refractivity contribution < 1.29 is 14.3 Å². The Kier molecular flexibility index (Phi) is 7.44. The van der Waals surface area contributed by atoms with Gasteiger partial charge >= 0.3 is 6.09 Å². The molecule has 0 heterocycles. The lowest BCUT2D eigenvalue weighted by molar-refractivity contribution is 0.153. The molecule has 0 aliphatic heterocycles. The molecule has 1 aromatic rings. The predicted molar refractivity (Wildman–Crippen MR) is 78.6 cm³/mol. The number of rotatable bonds is 6. The number of amides is 1. The molecule has 0 unspecified atom stereocenters. The number of benzene rings is 1. The molecule has 0 saturated heterocycles. The summed E-state index contributed by atoms with van der Waals surface area (Å²) in [5.74, 6) is 6.43. The summed E-state index contributed by atoms with van der Waals surface area (Å²) in [4.78, 5) is 11.0. The van der Waals surface area contributed by atoms with Crippen LogP contribution in [0.15, 0.2) is 36.9 Å². The summed E-state index contributed by atoms with van der Waals surface area (Å²) in [6.07, 6.45) is 2.13. The maximum atomic E-state index is 11.0. The minimum absolute atomic E-state index is 0.247. The predicted octanol–water partition coefficient (Wildman–Crippen LogP) is 2.54. The highest BCUT2D eigenvalue weighted by molar-refractivity contribution is 5.67. The van der Waals surface area contributed by atoms with Crippen LogP contribution in [0.4, 0.5) is 4.79 Å². The van der Waals surface area contributed by atoms with Gasteiger partial charge in [-0.2, -0.15) is 0 Å². The van der Waals surface area contributed by atoms with Crippen molar-refractivity contribution in [2.75, 3.05) is 19.8 Å². The van der Waals surface area contributed by atoms with Crippen LogP contribution in [-0.2, 0) is 11.2 Å². The fraction of sp³-hybridized carbons (Fsp3) is 0.312. The molecule has 0 aromatic heterocycles. The lowest BCUT2D eigenvalue weighted by Gasteiger charge is -2.07. The number of ether oxygens (including phenoxy) is 2. The summed E-state index contributed by atoms with van der Waals surface area (Å²) in [5, 5.41) is 2.51. The van der Waals surface area contributed by atoms with E-state index in [1.54, 1.807) is 6.92 Å². The Hall–Kier alpha value is -2.41. The third-order valence-electron chi connectivity index (χ3n) is 2.36. The van der Waals surface area contributed by atoms with Gasteiger partial charge in [0.15, 0.2) is 0 Å². The van der Waals surface area contributed by atoms with Crippen molar-refractivity contribution in [3.05, 3.63) is 42.5 Å². The van der Waals surface area contributed by atoms with Gasteiger partial charge in [-0.3, -0.25) is 0 Å². The van der Waals surface area contributed by atoms with Gasteiger partial charge in [-0.15, -0.1) is 6.58 Å². The molecule has 0 fully saturated rings. The zero-order chi connectivity index (χ0) is 14.6. The smallest absolute Gasteiger partial charge is 0.407 e. The van der Waals surface area contributed by atoms with Crippen LogP contribution in [0.1, 0.15) is 12.5 Å². The van der Waals surface area contributed by atoms with E-state index in [4.69, 9.17) is 9.47 Å². The van der Waals surface area contributed by atoms with Gasteiger partial charge in [0.05, 0.1) is 13.2 Å². The van der Waals surface area contributed by atoms with E-state index in [1.807, 2.05) is 30.3 Å². The highest BCUT2D eigenvalue weighted by Gasteiger charge is 1.99. The van der Waals surface area contributed by atoms with Gasteiger partial charge in [0, 0.05) is 0 Å². The Labute approximate surface area is 119 Å². The molecule has 0 aliphatic rings. The van der Waals surface area contributed by atoms with E-state index >= 15 is 0 Å². The summed E-state index contributed by atoms with van der Waals surface area (Å²) in [5.41, 5.74) is 1.08. The standard InChI is InChI=1S/C16H19NO3/c1-3-9-14-10-5-6-11-15(14)20-13-8-7-12-17-16(18)19-4-2/h3,5-6,10-11H,1,4,9,12-13H2,2H3,(H,17,18). The minimum Gasteiger partial charge on any atom is -0.481 e. The van der Waals surface area contributed by atoms with Gasteiger partial charge in [0.25, 0.3) is 0 Å². The van der Waals surface area contributed by atoms with Crippen LogP contribution in [0, 0.1) is 11.8 Å². The summed E-state index contributed by atoms with van der Waals surface area (Å²) >= 11 is 0. The number of hydrogen-bond acceptors (Lipinski definition) is 3. The van der Waals surface area contributed by atoms with Crippen LogP contribution < -0.4 is 10.1 Å². The molecular formula is C16H19NO3. The molecule has 0 atom stereocenters. The van der Waals surface area contributed by atoms with Crippen LogP contribution in [0.3, 0.4) is 0 Å². The first-order chi connectivity index (χ1) is 9.77. The molecule has 0 saturated carbocycles. The first-order valence-electron chi connectivity index (χ1n) is 6.45. The Balaban J connectivity index is 2.34. The number of carbonyl (C=O) groups excluding carboxylic acids is 1. The Morgan fingerprint density at radius 1 is 1.40 bits per heavy atom. The van der Waals surface area contributed by atoms with E-state index in [2.05, 4.69) is 23.7 Å². The highest BCUT2D eigenvalue weighted by atomic mass is 16.5. The molecular weight excluding hydrogens is 254 g/mol. The SMILES string of the molecule is C=CCc1ccccc1OCC#CCNC(=O)OCC. The summed E-state index contributed by atoms with van der Waals surface area (Å²) in [7, 11) is 0. The second kappa shape index (κ2) is 9.51. The molecule has 0 radical (unpaired) electrons. The number of hydrogen-bond donors (Lipinski definition) is 1. The van der Waals surface area contributed by atoms with Gasteiger partial charge in [-0.05, 0) is 25.0 Å². The van der Waals surface area contributed by atoms with Crippen molar-refractivity contribution in [1.82, 2.24) is 5.32 Å². The summed E-state index contributed by atoms with van der Waals surface area (Å²) in [6, 6.07) is 7.77. The molecule has 0 spiro atoms. The zero-order valence-corrected chi connectivity index (χ0v) is 11.6. The van der Waals surface area contributed by atoms with Crippen LogP contribution in [-0.4, -0.2) is 25.9 Å². The monoisotopic (exact) mass is 273 g/mol. The van der Waals surface area contributed by atoms with Crippen molar-refractivity contribution in [3.8, 4) is 17.6 Å². The van der Waals surface area contributed by atoms with E-state index in [-0.39, 0.29) is 13.2 Å². The van der Waals surface area contributed by atoms with Crippen molar-refractivity contribution in [1.29, 1.82) is 0 Å². The molecule has 4 heteroatoms. The van der Waals surface area contributed by atoms with Crippen LogP contribution in [0.2, 0.25) is 0 Å². The van der Waals surface area contributed by atoms with Crippen LogP contribution >= 0.6 is 0 Å². The lowest BCUT2D eigenvalue weighted by Crippen LogP contribution is -2.24. The van der Waals surface area contributed by atoms with Crippen molar-refractivity contribution in [2.24, 2.45) is 0 Å². The number of nitrogens with one attached hydrogen (secondary N) is 1. The van der Waals surface area contributed by atoms with E-state index in [0.29, 0.717) is 6.61 Å². The largest absolute Gasteiger partial charge is 0.481 e. The van der Waals surface area contributed by atoms with Crippen molar-refractivity contribution in [3.63, 3.8) is 0 Å². The van der Waals surface area contributed by atoms with Crippen LogP contribution in [0.25, 0.3) is 0 Å². The first-order valence-corrected chi connectivity index (χ1v) is 6.45. The quantitative estimate of drug-likeness (QED) is 0.640. The van der Waals surface area contributed by atoms with Gasteiger partial charge in [0.2, 0.25) is 0 Å².